The third-order valence-electron chi connectivity index (χ3n) is 2.49. The van der Waals surface area contributed by atoms with E-state index in [1.807, 2.05) is 13.0 Å². The Morgan fingerprint density at radius 1 is 1.44 bits per heavy atom. The third-order valence-corrected chi connectivity index (χ3v) is 5.16. The summed E-state index contributed by atoms with van der Waals surface area (Å²) >= 11 is 3.56. The van der Waals surface area contributed by atoms with Gasteiger partial charge in [-0.05, 0) is 36.9 Å². The van der Waals surface area contributed by atoms with Crippen molar-refractivity contribution in [2.45, 2.75) is 24.0 Å². The first-order chi connectivity index (χ1) is 7.72. The summed E-state index contributed by atoms with van der Waals surface area (Å²) in [7, 11) is 0. The average molecular weight is 253 g/mol. The molecule has 0 saturated heterocycles. The van der Waals surface area contributed by atoms with Gasteiger partial charge in [0.25, 0.3) is 0 Å². The second kappa shape index (κ2) is 5.08. The summed E-state index contributed by atoms with van der Waals surface area (Å²) in [5, 5.41) is 2.45. The molecule has 0 aliphatic heterocycles. The Labute approximate surface area is 104 Å². The molecule has 4 heteroatoms. The van der Waals surface area contributed by atoms with E-state index in [-0.39, 0.29) is 0 Å². The van der Waals surface area contributed by atoms with E-state index in [1.54, 1.807) is 29.4 Å². The lowest BCUT2D eigenvalue weighted by Gasteiger charge is -2.13. The Hall–Kier alpha value is -0.710. The molecular weight excluding hydrogens is 238 g/mol. The summed E-state index contributed by atoms with van der Waals surface area (Å²) in [6.07, 6.45) is 1.73. The van der Waals surface area contributed by atoms with Gasteiger partial charge < -0.3 is 10.2 Å². The van der Waals surface area contributed by atoms with Crippen molar-refractivity contribution in [1.82, 2.24) is 0 Å². The van der Waals surface area contributed by atoms with Crippen LogP contribution in [0, 0.1) is 13.8 Å². The zero-order valence-corrected chi connectivity index (χ0v) is 11.0. The van der Waals surface area contributed by atoms with E-state index >= 15 is 0 Å². The van der Waals surface area contributed by atoms with Gasteiger partial charge in [0.05, 0.1) is 11.5 Å². The standard InChI is InChI=1S/C12H15NOS2/c1-8-4-6-15-12(8)11(7-13)16-10-3-5-14-9(10)2/h3-6,11H,7,13H2,1-2H3. The SMILES string of the molecule is Cc1ccsc1C(CN)Sc1ccoc1C. The average Bonchev–Trinajstić information content (AvgIpc) is 2.85. The van der Waals surface area contributed by atoms with Gasteiger partial charge in [-0.15, -0.1) is 23.1 Å². The van der Waals surface area contributed by atoms with Crippen molar-refractivity contribution in [2.75, 3.05) is 6.54 Å². The zero-order valence-electron chi connectivity index (χ0n) is 9.40. The monoisotopic (exact) mass is 253 g/mol. The Morgan fingerprint density at radius 3 is 2.75 bits per heavy atom. The van der Waals surface area contributed by atoms with Gasteiger partial charge in [-0.1, -0.05) is 0 Å². The molecule has 0 aromatic carbocycles. The molecule has 0 aliphatic rings. The smallest absolute Gasteiger partial charge is 0.114 e. The highest BCUT2D eigenvalue weighted by Crippen LogP contribution is 2.39. The van der Waals surface area contributed by atoms with Gasteiger partial charge >= 0.3 is 0 Å². The molecule has 0 bridgehead atoms. The first-order valence-corrected chi connectivity index (χ1v) is 6.93. The predicted octanol–water partition coefficient (Wildman–Crippen LogP) is 3.75. The lowest BCUT2D eigenvalue weighted by molar-refractivity contribution is 0.526. The van der Waals surface area contributed by atoms with Gasteiger partial charge in [0.1, 0.15) is 5.76 Å². The molecule has 2 nitrogen and oxygen atoms in total. The molecule has 2 rings (SSSR count). The minimum absolute atomic E-state index is 0.330. The zero-order chi connectivity index (χ0) is 11.5. The molecule has 1 unspecified atom stereocenters. The van der Waals surface area contributed by atoms with E-state index in [1.165, 1.54) is 15.3 Å². The molecule has 0 radical (unpaired) electrons. The van der Waals surface area contributed by atoms with Crippen LogP contribution in [0.1, 0.15) is 21.5 Å². The molecule has 86 valence electrons. The highest BCUT2D eigenvalue weighted by atomic mass is 32.2. The number of furan rings is 1. The summed E-state index contributed by atoms with van der Waals surface area (Å²) in [6.45, 7) is 4.77. The van der Waals surface area contributed by atoms with Crippen LogP contribution in [-0.2, 0) is 0 Å². The third kappa shape index (κ3) is 2.34. The summed E-state index contributed by atoms with van der Waals surface area (Å²) in [5.41, 5.74) is 7.18. The van der Waals surface area contributed by atoms with Crippen LogP contribution in [-0.4, -0.2) is 6.54 Å². The lowest BCUT2D eigenvalue weighted by Crippen LogP contribution is -2.08. The summed E-state index contributed by atoms with van der Waals surface area (Å²) < 4.78 is 5.30. The van der Waals surface area contributed by atoms with E-state index < -0.39 is 0 Å². The van der Waals surface area contributed by atoms with Crippen molar-refractivity contribution in [1.29, 1.82) is 0 Å². The molecule has 2 aromatic heterocycles. The molecule has 2 aromatic rings. The predicted molar refractivity (Wildman–Crippen MR) is 70.2 cm³/mol. The molecule has 16 heavy (non-hydrogen) atoms. The van der Waals surface area contributed by atoms with Gasteiger partial charge in [0.2, 0.25) is 0 Å². The maximum Gasteiger partial charge on any atom is 0.114 e. The highest BCUT2D eigenvalue weighted by molar-refractivity contribution is 7.99. The minimum Gasteiger partial charge on any atom is -0.468 e. The van der Waals surface area contributed by atoms with E-state index in [0.717, 1.165) is 5.76 Å². The number of nitrogens with two attached hydrogens (primary N) is 1. The Morgan fingerprint density at radius 2 is 2.25 bits per heavy atom. The molecule has 0 aliphatic carbocycles. The van der Waals surface area contributed by atoms with Crippen molar-refractivity contribution in [3.05, 3.63) is 40.0 Å². The van der Waals surface area contributed by atoms with Crippen molar-refractivity contribution in [3.8, 4) is 0 Å². The Kier molecular flexibility index (Phi) is 3.74. The van der Waals surface area contributed by atoms with Gasteiger partial charge in [-0.2, -0.15) is 0 Å². The number of hydrogen-bond donors (Lipinski definition) is 1. The molecule has 0 saturated carbocycles. The first-order valence-electron chi connectivity index (χ1n) is 5.17. The van der Waals surface area contributed by atoms with Crippen molar-refractivity contribution in [3.63, 3.8) is 0 Å². The lowest BCUT2D eigenvalue weighted by atomic mass is 10.2. The van der Waals surface area contributed by atoms with Crippen molar-refractivity contribution >= 4 is 23.1 Å². The normalized spacial score (nSPS) is 12.9. The minimum atomic E-state index is 0.330. The molecule has 1 atom stereocenters. The summed E-state index contributed by atoms with van der Waals surface area (Å²) in [5.74, 6) is 0.970. The second-order valence-corrected chi connectivity index (χ2v) is 5.84. The summed E-state index contributed by atoms with van der Waals surface area (Å²) in [4.78, 5) is 2.55. The number of aryl methyl sites for hydroxylation is 2. The van der Waals surface area contributed by atoms with Crippen LogP contribution in [0.25, 0.3) is 0 Å². The molecule has 2 heterocycles. The fourth-order valence-corrected chi connectivity index (χ4v) is 3.85. The van der Waals surface area contributed by atoms with Gasteiger partial charge in [0.15, 0.2) is 0 Å². The maximum atomic E-state index is 5.85. The topological polar surface area (TPSA) is 39.2 Å². The molecular formula is C12H15NOS2. The molecule has 0 amide bonds. The number of hydrogen-bond acceptors (Lipinski definition) is 4. The van der Waals surface area contributed by atoms with Crippen LogP contribution in [0.4, 0.5) is 0 Å². The van der Waals surface area contributed by atoms with Gasteiger partial charge in [0, 0.05) is 16.3 Å². The van der Waals surface area contributed by atoms with E-state index in [0.29, 0.717) is 11.8 Å². The molecule has 2 N–H and O–H groups in total. The number of thiophene rings is 1. The molecule has 0 spiro atoms. The van der Waals surface area contributed by atoms with Crippen LogP contribution in [0.2, 0.25) is 0 Å². The van der Waals surface area contributed by atoms with Crippen LogP contribution in [0.3, 0.4) is 0 Å². The largest absolute Gasteiger partial charge is 0.468 e. The van der Waals surface area contributed by atoms with E-state index in [9.17, 15) is 0 Å². The van der Waals surface area contributed by atoms with Crippen LogP contribution in [0.15, 0.2) is 33.1 Å². The highest BCUT2D eigenvalue weighted by Gasteiger charge is 2.16. The van der Waals surface area contributed by atoms with Crippen LogP contribution in [0.5, 0.6) is 0 Å². The first kappa shape index (κ1) is 11.8. The maximum absolute atomic E-state index is 5.85. The van der Waals surface area contributed by atoms with Crippen molar-refractivity contribution < 1.29 is 4.42 Å². The molecule has 0 fully saturated rings. The van der Waals surface area contributed by atoms with E-state index in [4.69, 9.17) is 10.2 Å². The fraction of sp³-hybridized carbons (Fsp3) is 0.333. The second-order valence-electron chi connectivity index (χ2n) is 3.65. The van der Waals surface area contributed by atoms with Gasteiger partial charge in [-0.25, -0.2) is 0 Å². The fourth-order valence-electron chi connectivity index (χ4n) is 1.57. The van der Waals surface area contributed by atoms with Crippen LogP contribution >= 0.6 is 23.1 Å². The van der Waals surface area contributed by atoms with Gasteiger partial charge in [-0.3, -0.25) is 0 Å². The Balaban J connectivity index is 2.19. The Bertz CT molecular complexity index is 461. The number of rotatable bonds is 4. The van der Waals surface area contributed by atoms with Crippen molar-refractivity contribution in [2.24, 2.45) is 5.73 Å². The van der Waals surface area contributed by atoms with Crippen LogP contribution < -0.4 is 5.73 Å². The van der Waals surface area contributed by atoms with E-state index in [2.05, 4.69) is 18.4 Å². The number of thioether (sulfide) groups is 1. The summed E-state index contributed by atoms with van der Waals surface area (Å²) in [6, 6.07) is 4.15. The quantitative estimate of drug-likeness (QED) is 0.843.